The van der Waals surface area contributed by atoms with Gasteiger partial charge in [-0.25, -0.2) is 4.79 Å². The molecule has 15 heavy (non-hydrogen) atoms. The highest BCUT2D eigenvalue weighted by molar-refractivity contribution is 5.92. The van der Waals surface area contributed by atoms with Crippen LogP contribution < -0.4 is 5.73 Å². The number of aryl methyl sites for hydroxylation is 1. The molecule has 0 bridgehead atoms. The Morgan fingerprint density at radius 3 is 2.40 bits per heavy atom. The van der Waals surface area contributed by atoms with Crippen molar-refractivity contribution in [1.29, 1.82) is 0 Å². The molecule has 4 N–H and O–H groups in total. The number of carboxylic acids is 2. The lowest BCUT2D eigenvalue weighted by Gasteiger charge is -2.10. The van der Waals surface area contributed by atoms with Gasteiger partial charge in [0.2, 0.25) is 0 Å². The first kappa shape index (κ1) is 11.2. The molecule has 0 amide bonds. The molecular weight excluding hydrogens is 198 g/mol. The lowest BCUT2D eigenvalue weighted by Crippen LogP contribution is -2.23. The second kappa shape index (κ2) is 4.10. The summed E-state index contributed by atoms with van der Waals surface area (Å²) in [6, 6.07) is 3.15. The van der Waals surface area contributed by atoms with Crippen molar-refractivity contribution in [2.24, 2.45) is 5.73 Å². The van der Waals surface area contributed by atoms with E-state index in [-0.39, 0.29) is 11.1 Å². The summed E-state index contributed by atoms with van der Waals surface area (Å²) in [6.07, 6.45) is 0. The molecule has 0 saturated heterocycles. The predicted octanol–water partition coefficient (Wildman–Crippen LogP) is 0.778. The van der Waals surface area contributed by atoms with E-state index in [4.69, 9.17) is 15.9 Å². The molecule has 0 spiro atoms. The van der Waals surface area contributed by atoms with E-state index < -0.39 is 18.0 Å². The Bertz CT molecular complexity index is 414. The van der Waals surface area contributed by atoms with Crippen molar-refractivity contribution in [1.82, 2.24) is 0 Å². The summed E-state index contributed by atoms with van der Waals surface area (Å²) in [7, 11) is 0. The molecular formula is C10H11NO4. The molecule has 1 aromatic rings. The number of carbonyl (C=O) groups is 2. The molecule has 1 aromatic carbocycles. The van der Waals surface area contributed by atoms with Crippen molar-refractivity contribution in [3.8, 4) is 0 Å². The Labute approximate surface area is 86.1 Å². The van der Waals surface area contributed by atoms with Gasteiger partial charge in [0.1, 0.15) is 6.04 Å². The second-order valence-corrected chi connectivity index (χ2v) is 3.21. The maximum Gasteiger partial charge on any atom is 0.336 e. The highest BCUT2D eigenvalue weighted by Crippen LogP contribution is 2.18. The van der Waals surface area contributed by atoms with Gasteiger partial charge in [-0.2, -0.15) is 0 Å². The van der Waals surface area contributed by atoms with Gasteiger partial charge < -0.3 is 15.9 Å². The monoisotopic (exact) mass is 209 g/mol. The summed E-state index contributed by atoms with van der Waals surface area (Å²) in [4.78, 5) is 21.5. The van der Waals surface area contributed by atoms with Crippen LogP contribution in [0.2, 0.25) is 0 Å². The van der Waals surface area contributed by atoms with Gasteiger partial charge in [0, 0.05) is 0 Å². The van der Waals surface area contributed by atoms with E-state index in [9.17, 15) is 9.59 Å². The normalized spacial score (nSPS) is 12.1. The molecule has 0 radical (unpaired) electrons. The van der Waals surface area contributed by atoms with Crippen LogP contribution in [0.4, 0.5) is 0 Å². The average molecular weight is 209 g/mol. The zero-order chi connectivity index (χ0) is 11.6. The largest absolute Gasteiger partial charge is 0.480 e. The van der Waals surface area contributed by atoms with Crippen molar-refractivity contribution in [2.45, 2.75) is 13.0 Å². The van der Waals surface area contributed by atoms with Crippen molar-refractivity contribution in [3.05, 3.63) is 34.9 Å². The summed E-state index contributed by atoms with van der Waals surface area (Å²) >= 11 is 0. The first-order valence-corrected chi connectivity index (χ1v) is 4.25. The fourth-order valence-electron chi connectivity index (χ4n) is 1.26. The van der Waals surface area contributed by atoms with E-state index in [0.29, 0.717) is 0 Å². The second-order valence-electron chi connectivity index (χ2n) is 3.21. The van der Waals surface area contributed by atoms with E-state index in [0.717, 1.165) is 5.56 Å². The fourth-order valence-corrected chi connectivity index (χ4v) is 1.26. The van der Waals surface area contributed by atoms with Gasteiger partial charge in [-0.3, -0.25) is 4.79 Å². The van der Waals surface area contributed by atoms with Crippen LogP contribution in [0.25, 0.3) is 0 Å². The third-order valence-electron chi connectivity index (χ3n) is 2.04. The van der Waals surface area contributed by atoms with E-state index in [1.807, 2.05) is 0 Å². The number of hydrogen-bond acceptors (Lipinski definition) is 3. The standard InChI is InChI=1S/C10H11NO4/c1-5-2-3-6(8(11)10(14)15)7(4-5)9(12)13/h2-4,8H,11H2,1H3,(H,12,13)(H,14,15)/t8-/m0/s1. The van der Waals surface area contributed by atoms with Gasteiger partial charge >= 0.3 is 11.9 Å². The molecule has 0 heterocycles. The summed E-state index contributed by atoms with van der Waals surface area (Å²) in [5, 5.41) is 17.6. The fraction of sp³-hybridized carbons (Fsp3) is 0.200. The van der Waals surface area contributed by atoms with E-state index in [2.05, 4.69) is 0 Å². The molecule has 0 aliphatic carbocycles. The van der Waals surface area contributed by atoms with E-state index in [1.165, 1.54) is 12.1 Å². The minimum Gasteiger partial charge on any atom is -0.480 e. The molecule has 0 saturated carbocycles. The number of rotatable bonds is 3. The molecule has 5 heteroatoms. The molecule has 0 aromatic heterocycles. The van der Waals surface area contributed by atoms with Crippen LogP contribution >= 0.6 is 0 Å². The molecule has 0 aliphatic rings. The predicted molar refractivity (Wildman–Crippen MR) is 52.7 cm³/mol. The van der Waals surface area contributed by atoms with Crippen LogP contribution in [0.15, 0.2) is 18.2 Å². The van der Waals surface area contributed by atoms with Crippen molar-refractivity contribution >= 4 is 11.9 Å². The first-order valence-electron chi connectivity index (χ1n) is 4.25. The number of aliphatic carboxylic acids is 1. The molecule has 1 rings (SSSR count). The number of hydrogen-bond donors (Lipinski definition) is 3. The summed E-state index contributed by atoms with van der Waals surface area (Å²) < 4.78 is 0. The van der Waals surface area contributed by atoms with Crippen LogP contribution in [-0.2, 0) is 4.79 Å². The zero-order valence-electron chi connectivity index (χ0n) is 8.10. The van der Waals surface area contributed by atoms with E-state index in [1.54, 1.807) is 13.0 Å². The van der Waals surface area contributed by atoms with Crippen LogP contribution in [-0.4, -0.2) is 22.2 Å². The quantitative estimate of drug-likeness (QED) is 0.682. The number of benzene rings is 1. The van der Waals surface area contributed by atoms with Gasteiger partial charge in [-0.1, -0.05) is 17.7 Å². The SMILES string of the molecule is Cc1ccc([C@H](N)C(=O)O)c(C(=O)O)c1. The Balaban J connectivity index is 3.28. The molecule has 5 nitrogen and oxygen atoms in total. The molecule has 0 fully saturated rings. The zero-order valence-corrected chi connectivity index (χ0v) is 8.10. The lowest BCUT2D eigenvalue weighted by molar-refractivity contribution is -0.138. The van der Waals surface area contributed by atoms with Gasteiger partial charge in [0.25, 0.3) is 0 Å². The Morgan fingerprint density at radius 1 is 1.33 bits per heavy atom. The Hall–Kier alpha value is -1.88. The third kappa shape index (κ3) is 2.32. The maximum absolute atomic E-state index is 10.9. The molecule has 80 valence electrons. The summed E-state index contributed by atoms with van der Waals surface area (Å²) in [6.45, 7) is 1.72. The van der Waals surface area contributed by atoms with Crippen LogP contribution in [0.5, 0.6) is 0 Å². The number of aromatic carboxylic acids is 1. The van der Waals surface area contributed by atoms with Gasteiger partial charge in [-0.05, 0) is 18.6 Å². The Morgan fingerprint density at radius 2 is 1.93 bits per heavy atom. The minimum absolute atomic E-state index is 0.0649. The van der Waals surface area contributed by atoms with E-state index >= 15 is 0 Å². The van der Waals surface area contributed by atoms with Crippen molar-refractivity contribution in [3.63, 3.8) is 0 Å². The third-order valence-corrected chi connectivity index (χ3v) is 2.04. The maximum atomic E-state index is 10.9. The summed E-state index contributed by atoms with van der Waals surface area (Å²) in [5.41, 5.74) is 6.15. The minimum atomic E-state index is -1.31. The van der Waals surface area contributed by atoms with Gasteiger partial charge in [-0.15, -0.1) is 0 Å². The van der Waals surface area contributed by atoms with Crippen LogP contribution in [0.3, 0.4) is 0 Å². The lowest BCUT2D eigenvalue weighted by atomic mass is 9.99. The molecule has 1 atom stereocenters. The average Bonchev–Trinajstić information content (AvgIpc) is 2.16. The molecule has 0 aliphatic heterocycles. The van der Waals surface area contributed by atoms with Crippen molar-refractivity contribution in [2.75, 3.05) is 0 Å². The van der Waals surface area contributed by atoms with Gasteiger partial charge in [0.15, 0.2) is 0 Å². The Kier molecular flexibility index (Phi) is 3.06. The van der Waals surface area contributed by atoms with Crippen LogP contribution in [0, 0.1) is 6.92 Å². The molecule has 0 unspecified atom stereocenters. The highest BCUT2D eigenvalue weighted by Gasteiger charge is 2.20. The number of nitrogens with two attached hydrogens (primary N) is 1. The van der Waals surface area contributed by atoms with Crippen molar-refractivity contribution < 1.29 is 19.8 Å². The first-order chi connectivity index (χ1) is 6.93. The smallest absolute Gasteiger partial charge is 0.336 e. The van der Waals surface area contributed by atoms with Gasteiger partial charge in [0.05, 0.1) is 5.56 Å². The highest BCUT2D eigenvalue weighted by atomic mass is 16.4. The van der Waals surface area contributed by atoms with Crippen LogP contribution in [0.1, 0.15) is 27.5 Å². The topological polar surface area (TPSA) is 101 Å². The summed E-state index contributed by atoms with van der Waals surface area (Å²) in [5.74, 6) is -2.42. The number of carboxylic acid groups (broad SMARTS) is 2.